The van der Waals surface area contributed by atoms with Crippen LogP contribution in [0, 0.1) is 5.92 Å². The van der Waals surface area contributed by atoms with Crippen molar-refractivity contribution >= 4 is 11.9 Å². The van der Waals surface area contributed by atoms with Crippen LogP contribution in [0.3, 0.4) is 0 Å². The predicted molar refractivity (Wildman–Crippen MR) is 67.6 cm³/mol. The van der Waals surface area contributed by atoms with Crippen molar-refractivity contribution in [2.45, 2.75) is 26.8 Å². The lowest BCUT2D eigenvalue weighted by Crippen LogP contribution is -2.38. The molecule has 1 unspecified atom stereocenters. The SMILES string of the molecule is CC(C)C(C)N(C)C(=O)c1ccc(C(=O)O)nc1. The van der Waals surface area contributed by atoms with Crippen LogP contribution in [0.25, 0.3) is 0 Å². The number of pyridine rings is 1. The van der Waals surface area contributed by atoms with Crippen molar-refractivity contribution in [2.75, 3.05) is 7.05 Å². The normalized spacial score (nSPS) is 12.3. The van der Waals surface area contributed by atoms with E-state index in [1.54, 1.807) is 11.9 Å². The van der Waals surface area contributed by atoms with Gasteiger partial charge in [0.15, 0.2) is 0 Å². The maximum Gasteiger partial charge on any atom is 0.354 e. The van der Waals surface area contributed by atoms with E-state index in [0.717, 1.165) is 0 Å². The molecule has 0 bridgehead atoms. The summed E-state index contributed by atoms with van der Waals surface area (Å²) in [6.07, 6.45) is 1.30. The van der Waals surface area contributed by atoms with E-state index in [0.29, 0.717) is 11.5 Å². The lowest BCUT2D eigenvalue weighted by molar-refractivity contribution is 0.0681. The molecular weight excluding hydrogens is 232 g/mol. The van der Waals surface area contributed by atoms with Crippen LogP contribution in [0.1, 0.15) is 41.6 Å². The molecule has 98 valence electrons. The third kappa shape index (κ3) is 3.06. The lowest BCUT2D eigenvalue weighted by atomic mass is 10.0. The van der Waals surface area contributed by atoms with Crippen molar-refractivity contribution in [3.05, 3.63) is 29.6 Å². The Morgan fingerprint density at radius 3 is 2.28 bits per heavy atom. The van der Waals surface area contributed by atoms with E-state index in [1.165, 1.54) is 18.3 Å². The van der Waals surface area contributed by atoms with Crippen LogP contribution < -0.4 is 0 Å². The van der Waals surface area contributed by atoms with Gasteiger partial charge in [0.2, 0.25) is 0 Å². The second-order valence-corrected chi connectivity index (χ2v) is 4.64. The smallest absolute Gasteiger partial charge is 0.354 e. The van der Waals surface area contributed by atoms with Crippen molar-refractivity contribution in [1.29, 1.82) is 0 Å². The Morgan fingerprint density at radius 1 is 1.28 bits per heavy atom. The van der Waals surface area contributed by atoms with Crippen LogP contribution in [-0.4, -0.2) is 40.0 Å². The number of carboxylic acid groups (broad SMARTS) is 1. The fraction of sp³-hybridized carbons (Fsp3) is 0.462. The lowest BCUT2D eigenvalue weighted by Gasteiger charge is -2.27. The second-order valence-electron chi connectivity index (χ2n) is 4.64. The molecule has 1 aromatic rings. The number of carbonyl (C=O) groups excluding carboxylic acids is 1. The molecule has 1 aromatic heterocycles. The maximum atomic E-state index is 12.1. The molecule has 0 aliphatic heterocycles. The number of aromatic carboxylic acids is 1. The number of rotatable bonds is 4. The quantitative estimate of drug-likeness (QED) is 0.886. The number of hydrogen-bond acceptors (Lipinski definition) is 3. The van der Waals surface area contributed by atoms with Crippen LogP contribution in [-0.2, 0) is 0 Å². The average Bonchev–Trinajstić information content (AvgIpc) is 2.36. The average molecular weight is 250 g/mol. The standard InChI is InChI=1S/C13H18N2O3/c1-8(2)9(3)15(4)12(16)10-5-6-11(13(17)18)14-7-10/h5-9H,1-4H3,(H,17,18). The summed E-state index contributed by atoms with van der Waals surface area (Å²) >= 11 is 0. The van der Waals surface area contributed by atoms with Gasteiger partial charge in [-0.25, -0.2) is 9.78 Å². The van der Waals surface area contributed by atoms with Gasteiger partial charge in [0, 0.05) is 19.3 Å². The van der Waals surface area contributed by atoms with E-state index in [2.05, 4.69) is 4.98 Å². The van der Waals surface area contributed by atoms with Gasteiger partial charge in [-0.3, -0.25) is 4.79 Å². The molecule has 18 heavy (non-hydrogen) atoms. The summed E-state index contributed by atoms with van der Waals surface area (Å²) in [5, 5.41) is 8.73. The first-order valence-corrected chi connectivity index (χ1v) is 5.81. The van der Waals surface area contributed by atoms with Crippen LogP contribution >= 0.6 is 0 Å². The third-order valence-corrected chi connectivity index (χ3v) is 3.13. The summed E-state index contributed by atoms with van der Waals surface area (Å²) < 4.78 is 0. The number of nitrogens with zero attached hydrogens (tertiary/aromatic N) is 2. The molecule has 5 nitrogen and oxygen atoms in total. The van der Waals surface area contributed by atoms with Gasteiger partial charge in [-0.2, -0.15) is 0 Å². The highest BCUT2D eigenvalue weighted by atomic mass is 16.4. The largest absolute Gasteiger partial charge is 0.477 e. The number of aromatic nitrogens is 1. The number of carbonyl (C=O) groups is 2. The first-order valence-electron chi connectivity index (χ1n) is 5.81. The molecule has 5 heteroatoms. The van der Waals surface area contributed by atoms with Gasteiger partial charge in [-0.15, -0.1) is 0 Å². The van der Waals surface area contributed by atoms with Crippen molar-refractivity contribution in [1.82, 2.24) is 9.88 Å². The summed E-state index contributed by atoms with van der Waals surface area (Å²) in [5.74, 6) is -0.899. The zero-order valence-corrected chi connectivity index (χ0v) is 11.0. The molecule has 1 atom stereocenters. The van der Waals surface area contributed by atoms with Gasteiger partial charge in [0.25, 0.3) is 5.91 Å². The van der Waals surface area contributed by atoms with Crippen LogP contribution in [0.15, 0.2) is 18.3 Å². The Morgan fingerprint density at radius 2 is 1.89 bits per heavy atom. The minimum absolute atomic E-state index is 0.0638. The van der Waals surface area contributed by atoms with Gasteiger partial charge < -0.3 is 10.0 Å². The van der Waals surface area contributed by atoms with Gasteiger partial charge in [0.1, 0.15) is 5.69 Å². The van der Waals surface area contributed by atoms with Crippen LogP contribution in [0.5, 0.6) is 0 Å². The van der Waals surface area contributed by atoms with Crippen LogP contribution in [0.4, 0.5) is 0 Å². The molecule has 0 saturated carbocycles. The molecule has 1 heterocycles. The fourth-order valence-electron chi connectivity index (χ4n) is 1.48. The number of hydrogen-bond donors (Lipinski definition) is 1. The molecule has 0 spiro atoms. The highest BCUT2D eigenvalue weighted by Crippen LogP contribution is 2.12. The minimum Gasteiger partial charge on any atom is -0.477 e. The molecule has 1 N–H and O–H groups in total. The Kier molecular flexibility index (Phi) is 4.42. The van der Waals surface area contributed by atoms with Gasteiger partial charge in [-0.1, -0.05) is 13.8 Å². The summed E-state index contributed by atoms with van der Waals surface area (Å²) in [7, 11) is 1.73. The maximum absolute atomic E-state index is 12.1. The first kappa shape index (κ1) is 14.2. The van der Waals surface area contributed by atoms with E-state index in [4.69, 9.17) is 5.11 Å². The molecule has 0 fully saturated rings. The Balaban J connectivity index is 2.87. The molecule has 0 aliphatic rings. The molecule has 0 radical (unpaired) electrons. The first-order chi connectivity index (χ1) is 8.34. The van der Waals surface area contributed by atoms with Gasteiger partial charge in [0.05, 0.1) is 5.56 Å². The fourth-order valence-corrected chi connectivity index (χ4v) is 1.48. The molecule has 0 saturated heterocycles. The number of carboxylic acids is 1. The zero-order valence-electron chi connectivity index (χ0n) is 11.0. The molecule has 0 aliphatic carbocycles. The second kappa shape index (κ2) is 5.62. The van der Waals surface area contributed by atoms with Crippen molar-refractivity contribution < 1.29 is 14.7 Å². The van der Waals surface area contributed by atoms with Gasteiger partial charge in [-0.05, 0) is 25.0 Å². The molecular formula is C13H18N2O3. The number of amides is 1. The van der Waals surface area contributed by atoms with E-state index >= 15 is 0 Å². The van der Waals surface area contributed by atoms with E-state index in [1.807, 2.05) is 20.8 Å². The van der Waals surface area contributed by atoms with Crippen molar-refractivity contribution in [3.8, 4) is 0 Å². The summed E-state index contributed by atoms with van der Waals surface area (Å²) in [5.41, 5.74) is 0.334. The predicted octanol–water partition coefficient (Wildman–Crippen LogP) is 1.90. The third-order valence-electron chi connectivity index (χ3n) is 3.13. The Hall–Kier alpha value is -1.91. The van der Waals surface area contributed by atoms with Gasteiger partial charge >= 0.3 is 5.97 Å². The van der Waals surface area contributed by atoms with Crippen LogP contribution in [0.2, 0.25) is 0 Å². The van der Waals surface area contributed by atoms with E-state index in [9.17, 15) is 9.59 Å². The summed E-state index contributed by atoms with van der Waals surface area (Å²) in [4.78, 5) is 28.1. The molecule has 1 amide bonds. The van der Waals surface area contributed by atoms with E-state index < -0.39 is 5.97 Å². The summed E-state index contributed by atoms with van der Waals surface area (Å²) in [6, 6.07) is 2.93. The highest BCUT2D eigenvalue weighted by Gasteiger charge is 2.20. The Bertz CT molecular complexity index is 440. The minimum atomic E-state index is -1.10. The summed E-state index contributed by atoms with van der Waals surface area (Å²) in [6.45, 7) is 6.06. The highest BCUT2D eigenvalue weighted by molar-refractivity contribution is 5.94. The monoisotopic (exact) mass is 250 g/mol. The van der Waals surface area contributed by atoms with Crippen molar-refractivity contribution in [3.63, 3.8) is 0 Å². The zero-order chi connectivity index (χ0) is 13.9. The molecule has 1 rings (SSSR count). The molecule has 0 aromatic carbocycles. The topological polar surface area (TPSA) is 70.5 Å². The van der Waals surface area contributed by atoms with E-state index in [-0.39, 0.29) is 17.6 Å². The Labute approximate surface area is 106 Å². The van der Waals surface area contributed by atoms with Crippen molar-refractivity contribution in [2.24, 2.45) is 5.92 Å².